The Morgan fingerprint density at radius 1 is 1.46 bits per heavy atom. The van der Waals surface area contributed by atoms with Gasteiger partial charge in [0.2, 0.25) is 0 Å². The number of aliphatic hydroxyl groups is 1. The second-order valence-corrected chi connectivity index (χ2v) is 5.08. The van der Waals surface area contributed by atoms with Crippen molar-refractivity contribution in [3.63, 3.8) is 0 Å². The van der Waals surface area contributed by atoms with Crippen molar-refractivity contribution < 1.29 is 18.1 Å². The van der Waals surface area contributed by atoms with Crippen molar-refractivity contribution in [3.05, 3.63) is 33.4 Å². The van der Waals surface area contributed by atoms with E-state index in [0.717, 1.165) is 3.57 Å². The molecule has 0 amide bonds. The molecule has 1 aromatic carbocycles. The first-order chi connectivity index (χ1) is 5.91. The largest absolute Gasteiger partial charge is 0.746 e. The first kappa shape index (κ1) is 10.9. The number of halogens is 1. The summed E-state index contributed by atoms with van der Waals surface area (Å²) in [6, 6.07) is 6.14. The van der Waals surface area contributed by atoms with Crippen LogP contribution in [0.2, 0.25) is 0 Å². The van der Waals surface area contributed by atoms with Gasteiger partial charge < -0.3 is 9.66 Å². The smallest absolute Gasteiger partial charge is 0.168 e. The highest BCUT2D eigenvalue weighted by molar-refractivity contribution is 14.1. The predicted molar refractivity (Wildman–Crippen MR) is 53.8 cm³/mol. The fourth-order valence-electron chi connectivity index (χ4n) is 0.827. The average Bonchev–Trinajstić information content (AvgIpc) is 2.01. The molecule has 0 fully saturated rings. The first-order valence-corrected chi connectivity index (χ1v) is 5.84. The van der Waals surface area contributed by atoms with E-state index < -0.39 is 15.6 Å². The Labute approximate surface area is 89.5 Å². The molecular formula is C7H6IO4S-. The van der Waals surface area contributed by atoms with Gasteiger partial charge in [0.1, 0.15) is 10.1 Å². The van der Waals surface area contributed by atoms with Crippen LogP contribution in [0.3, 0.4) is 0 Å². The fraction of sp³-hybridized carbons (Fsp3) is 0.143. The zero-order valence-electron chi connectivity index (χ0n) is 6.34. The molecule has 6 heteroatoms. The predicted octanol–water partition coefficient (Wildman–Crippen LogP) is 0.827. The number of aliphatic hydroxyl groups excluding tert-OH is 1. The van der Waals surface area contributed by atoms with Crippen molar-refractivity contribution in [1.82, 2.24) is 0 Å². The maximum absolute atomic E-state index is 10.4. The summed E-state index contributed by atoms with van der Waals surface area (Å²) in [5, 5.41) is 9.08. The van der Waals surface area contributed by atoms with E-state index in [1.54, 1.807) is 12.1 Å². The normalized spacial score (nSPS) is 14.1. The van der Waals surface area contributed by atoms with Crippen LogP contribution < -0.4 is 0 Å². The summed E-state index contributed by atoms with van der Waals surface area (Å²) in [6.45, 7) is 0. The Bertz CT molecular complexity index is 401. The molecule has 4 nitrogen and oxygen atoms in total. The Hall–Kier alpha value is -0.180. The van der Waals surface area contributed by atoms with Gasteiger partial charge in [0.25, 0.3) is 0 Å². The highest BCUT2D eigenvalue weighted by Crippen LogP contribution is 2.19. The molecule has 0 bridgehead atoms. The van der Waals surface area contributed by atoms with Gasteiger partial charge in [-0.1, -0.05) is 12.1 Å². The lowest BCUT2D eigenvalue weighted by molar-refractivity contribution is 0.236. The summed E-state index contributed by atoms with van der Waals surface area (Å²) in [7, 11) is -4.67. The molecule has 13 heavy (non-hydrogen) atoms. The van der Waals surface area contributed by atoms with E-state index in [1.807, 2.05) is 22.6 Å². The third-order valence-corrected chi connectivity index (χ3v) is 2.90. The second-order valence-electron chi connectivity index (χ2n) is 2.40. The van der Waals surface area contributed by atoms with E-state index in [1.165, 1.54) is 12.1 Å². The van der Waals surface area contributed by atoms with E-state index in [2.05, 4.69) is 0 Å². The van der Waals surface area contributed by atoms with Crippen LogP contribution in [0.25, 0.3) is 0 Å². The van der Waals surface area contributed by atoms with Crippen molar-refractivity contribution >= 4 is 32.7 Å². The Morgan fingerprint density at radius 2 is 2.08 bits per heavy atom. The zero-order chi connectivity index (χ0) is 10.1. The molecule has 1 atom stereocenters. The lowest BCUT2D eigenvalue weighted by Gasteiger charge is -2.14. The van der Waals surface area contributed by atoms with Crippen LogP contribution in [0, 0.1) is 3.57 Å². The van der Waals surface area contributed by atoms with Crippen molar-refractivity contribution in [2.24, 2.45) is 0 Å². The Kier molecular flexibility index (Phi) is 3.28. The van der Waals surface area contributed by atoms with Gasteiger partial charge in [0.15, 0.2) is 5.44 Å². The van der Waals surface area contributed by atoms with Crippen LogP contribution in [-0.2, 0) is 10.1 Å². The Morgan fingerprint density at radius 3 is 2.54 bits per heavy atom. The highest BCUT2D eigenvalue weighted by Gasteiger charge is 2.14. The molecule has 0 spiro atoms. The molecule has 0 aliphatic heterocycles. The molecule has 72 valence electrons. The summed E-state index contributed by atoms with van der Waals surface area (Å²) in [4.78, 5) is 0. The van der Waals surface area contributed by atoms with Crippen molar-refractivity contribution in [2.75, 3.05) is 0 Å². The number of hydrogen-bond donors (Lipinski definition) is 1. The topological polar surface area (TPSA) is 77.4 Å². The SMILES string of the molecule is O=S(=O)([O-])[C@H](O)c1cccc(I)c1. The maximum atomic E-state index is 10.4. The number of hydrogen-bond acceptors (Lipinski definition) is 4. The van der Waals surface area contributed by atoms with Gasteiger partial charge in [0.05, 0.1) is 0 Å². The number of rotatable bonds is 2. The van der Waals surface area contributed by atoms with E-state index >= 15 is 0 Å². The minimum atomic E-state index is -4.67. The molecule has 0 radical (unpaired) electrons. The molecule has 1 rings (SSSR count). The molecular weight excluding hydrogens is 307 g/mol. The quantitative estimate of drug-likeness (QED) is 0.648. The summed E-state index contributed by atoms with van der Waals surface area (Å²) < 4.78 is 32.1. The van der Waals surface area contributed by atoms with Crippen LogP contribution >= 0.6 is 22.6 Å². The molecule has 1 N–H and O–H groups in total. The lowest BCUT2D eigenvalue weighted by atomic mass is 10.2. The maximum Gasteiger partial charge on any atom is 0.168 e. The minimum Gasteiger partial charge on any atom is -0.746 e. The minimum absolute atomic E-state index is 0.0990. The highest BCUT2D eigenvalue weighted by atomic mass is 127. The summed E-state index contributed by atoms with van der Waals surface area (Å²) in [6.07, 6.45) is 0. The number of benzene rings is 1. The van der Waals surface area contributed by atoms with Crippen LogP contribution in [-0.4, -0.2) is 18.1 Å². The van der Waals surface area contributed by atoms with Crippen molar-refractivity contribution in [3.8, 4) is 0 Å². The molecule has 0 heterocycles. The van der Waals surface area contributed by atoms with E-state index in [0.29, 0.717) is 0 Å². The van der Waals surface area contributed by atoms with Gasteiger partial charge in [-0.3, -0.25) is 0 Å². The summed E-state index contributed by atoms with van der Waals surface area (Å²) in [5.74, 6) is 0. The van der Waals surface area contributed by atoms with Gasteiger partial charge in [-0.25, -0.2) is 8.42 Å². The van der Waals surface area contributed by atoms with Crippen LogP contribution in [0.5, 0.6) is 0 Å². The fourth-order valence-corrected chi connectivity index (χ4v) is 1.87. The molecule has 0 unspecified atom stereocenters. The van der Waals surface area contributed by atoms with Gasteiger partial charge in [-0.15, -0.1) is 0 Å². The van der Waals surface area contributed by atoms with E-state index in [9.17, 15) is 13.0 Å². The van der Waals surface area contributed by atoms with Crippen LogP contribution in [0.15, 0.2) is 24.3 Å². The van der Waals surface area contributed by atoms with E-state index in [4.69, 9.17) is 5.11 Å². The molecule has 0 aromatic heterocycles. The van der Waals surface area contributed by atoms with E-state index in [-0.39, 0.29) is 5.56 Å². The molecule has 0 saturated carbocycles. The van der Waals surface area contributed by atoms with Crippen LogP contribution in [0.1, 0.15) is 11.0 Å². The molecule has 0 saturated heterocycles. The van der Waals surface area contributed by atoms with Crippen LogP contribution in [0.4, 0.5) is 0 Å². The molecule has 1 aromatic rings. The Balaban J connectivity index is 3.10. The van der Waals surface area contributed by atoms with Gasteiger partial charge in [-0.05, 0) is 40.3 Å². The van der Waals surface area contributed by atoms with Crippen molar-refractivity contribution in [2.45, 2.75) is 5.44 Å². The average molecular weight is 313 g/mol. The third-order valence-electron chi connectivity index (χ3n) is 1.41. The van der Waals surface area contributed by atoms with Gasteiger partial charge in [-0.2, -0.15) is 0 Å². The van der Waals surface area contributed by atoms with Gasteiger partial charge >= 0.3 is 0 Å². The molecule has 0 aliphatic rings. The zero-order valence-corrected chi connectivity index (χ0v) is 9.32. The second kappa shape index (κ2) is 3.91. The third kappa shape index (κ3) is 2.90. The first-order valence-electron chi connectivity index (χ1n) is 3.29. The standard InChI is InChI=1S/C7H7IO4S/c8-6-3-1-2-5(4-6)7(9)13(10,11)12/h1-4,7,9H,(H,10,11,12)/p-1/t7-/m0/s1. The monoisotopic (exact) mass is 313 g/mol. The molecule has 0 aliphatic carbocycles. The van der Waals surface area contributed by atoms with Crippen molar-refractivity contribution in [1.29, 1.82) is 0 Å². The lowest BCUT2D eigenvalue weighted by Crippen LogP contribution is -2.11. The summed E-state index contributed by atoms with van der Waals surface area (Å²) >= 11 is 1.96. The van der Waals surface area contributed by atoms with Gasteiger partial charge in [0, 0.05) is 3.57 Å². The summed E-state index contributed by atoms with van der Waals surface area (Å²) in [5.41, 5.74) is -1.87.